The summed E-state index contributed by atoms with van der Waals surface area (Å²) >= 11 is 0. The fraction of sp³-hybridized carbons (Fsp3) is 0.476. The highest BCUT2D eigenvalue weighted by Crippen LogP contribution is 2.23. The molecule has 0 bridgehead atoms. The minimum Gasteiger partial charge on any atom is -0.469 e. The van der Waals surface area contributed by atoms with Crippen LogP contribution in [0.25, 0.3) is 0 Å². The van der Waals surface area contributed by atoms with E-state index in [0.717, 1.165) is 31.5 Å². The zero-order valence-corrected chi connectivity index (χ0v) is 15.4. The maximum atomic E-state index is 12.3. The van der Waals surface area contributed by atoms with Crippen molar-refractivity contribution in [2.45, 2.75) is 40.3 Å². The van der Waals surface area contributed by atoms with Gasteiger partial charge in [-0.05, 0) is 42.4 Å². The molecule has 2 heterocycles. The quantitative estimate of drug-likeness (QED) is 0.895. The number of rotatable bonds is 5. The number of carbonyl (C=O) groups is 1. The first kappa shape index (κ1) is 17.7. The van der Waals surface area contributed by atoms with Gasteiger partial charge in [-0.15, -0.1) is 0 Å². The summed E-state index contributed by atoms with van der Waals surface area (Å²) in [6.07, 6.45) is 2.87. The molecule has 1 aromatic heterocycles. The number of amides is 1. The van der Waals surface area contributed by atoms with Gasteiger partial charge in [0, 0.05) is 26.2 Å². The lowest BCUT2D eigenvalue weighted by atomic mass is 9.91. The second-order valence-electron chi connectivity index (χ2n) is 7.48. The molecule has 2 atom stereocenters. The first-order chi connectivity index (χ1) is 12.0. The van der Waals surface area contributed by atoms with Crippen molar-refractivity contribution in [3.8, 4) is 0 Å². The molecule has 134 valence electrons. The van der Waals surface area contributed by atoms with Gasteiger partial charge >= 0.3 is 0 Å². The van der Waals surface area contributed by atoms with Gasteiger partial charge in [-0.2, -0.15) is 0 Å². The molecule has 2 aromatic rings. The average Bonchev–Trinajstić information content (AvgIpc) is 2.99. The fourth-order valence-corrected chi connectivity index (χ4v) is 3.94. The van der Waals surface area contributed by atoms with Crippen LogP contribution < -0.4 is 5.32 Å². The Kier molecular flexibility index (Phi) is 5.59. The molecule has 1 N–H and O–H groups in total. The number of benzene rings is 1. The van der Waals surface area contributed by atoms with E-state index in [1.165, 1.54) is 17.5 Å². The Bertz CT molecular complexity index is 712. The van der Waals surface area contributed by atoms with Crippen LogP contribution in [0.4, 0.5) is 0 Å². The topological polar surface area (TPSA) is 45.5 Å². The van der Waals surface area contributed by atoms with Gasteiger partial charge in [0.1, 0.15) is 5.76 Å². The van der Waals surface area contributed by atoms with Crippen LogP contribution in [0, 0.1) is 18.8 Å². The number of hydrogen-bond acceptors (Lipinski definition) is 3. The summed E-state index contributed by atoms with van der Waals surface area (Å²) in [6, 6.07) is 10.1. The van der Waals surface area contributed by atoms with Gasteiger partial charge in [-0.25, -0.2) is 0 Å². The van der Waals surface area contributed by atoms with E-state index in [2.05, 4.69) is 42.3 Å². The van der Waals surface area contributed by atoms with Crippen molar-refractivity contribution in [2.24, 2.45) is 11.8 Å². The number of likely N-dealkylation sites (tertiary alicyclic amines) is 1. The lowest BCUT2D eigenvalue weighted by molar-refractivity contribution is 0.0949. The molecule has 1 aromatic carbocycles. The smallest absolute Gasteiger partial charge is 0.255 e. The molecule has 4 nitrogen and oxygen atoms in total. The standard InChI is InChI=1S/C21H28N2O2/c1-15-10-16(2)13-23(12-15)14-19-7-5-4-6-18(19)11-22-21(24)20-8-9-25-17(20)3/h4-9,15-16H,10-14H2,1-3H3,(H,22,24). The molecule has 0 saturated carbocycles. The van der Waals surface area contributed by atoms with Crippen LogP contribution in [0.15, 0.2) is 41.0 Å². The van der Waals surface area contributed by atoms with Gasteiger partial charge in [0.25, 0.3) is 5.91 Å². The summed E-state index contributed by atoms with van der Waals surface area (Å²) < 4.78 is 5.21. The predicted octanol–water partition coefficient (Wildman–Crippen LogP) is 4.00. The van der Waals surface area contributed by atoms with Gasteiger partial charge in [0.15, 0.2) is 0 Å². The average molecular weight is 340 g/mol. The van der Waals surface area contributed by atoms with Crippen molar-refractivity contribution in [3.63, 3.8) is 0 Å². The Labute approximate surface area is 150 Å². The maximum Gasteiger partial charge on any atom is 0.255 e. The third-order valence-corrected chi connectivity index (χ3v) is 5.00. The zero-order valence-electron chi connectivity index (χ0n) is 15.4. The van der Waals surface area contributed by atoms with Crippen LogP contribution in [-0.4, -0.2) is 23.9 Å². The number of nitrogens with one attached hydrogen (secondary N) is 1. The van der Waals surface area contributed by atoms with Gasteiger partial charge in [0.05, 0.1) is 11.8 Å². The van der Waals surface area contributed by atoms with E-state index in [1.807, 2.05) is 13.0 Å². The predicted molar refractivity (Wildman–Crippen MR) is 99.3 cm³/mol. The van der Waals surface area contributed by atoms with Crippen molar-refractivity contribution in [2.75, 3.05) is 13.1 Å². The van der Waals surface area contributed by atoms with Crippen LogP contribution in [-0.2, 0) is 13.1 Å². The second kappa shape index (κ2) is 7.87. The lowest BCUT2D eigenvalue weighted by Gasteiger charge is -2.35. The summed E-state index contributed by atoms with van der Waals surface area (Å²) in [5.41, 5.74) is 3.09. The van der Waals surface area contributed by atoms with Crippen molar-refractivity contribution in [1.82, 2.24) is 10.2 Å². The summed E-state index contributed by atoms with van der Waals surface area (Å²) in [7, 11) is 0. The number of carbonyl (C=O) groups excluding carboxylic acids is 1. The monoisotopic (exact) mass is 340 g/mol. The third-order valence-electron chi connectivity index (χ3n) is 5.00. The maximum absolute atomic E-state index is 12.3. The Balaban J connectivity index is 1.65. The SMILES string of the molecule is Cc1occc1C(=O)NCc1ccccc1CN1CC(C)CC(C)C1. The molecule has 3 rings (SSSR count). The number of hydrogen-bond donors (Lipinski definition) is 1. The summed E-state index contributed by atoms with van der Waals surface area (Å²) in [5.74, 6) is 2.07. The Morgan fingerprint density at radius 1 is 1.16 bits per heavy atom. The molecule has 1 saturated heterocycles. The Morgan fingerprint density at radius 3 is 2.48 bits per heavy atom. The molecule has 0 aliphatic carbocycles. The van der Waals surface area contributed by atoms with Gasteiger partial charge in [-0.1, -0.05) is 38.1 Å². The van der Waals surface area contributed by atoms with E-state index in [-0.39, 0.29) is 5.91 Å². The molecule has 1 aliphatic rings. The minimum absolute atomic E-state index is 0.0822. The third kappa shape index (κ3) is 4.51. The van der Waals surface area contributed by atoms with E-state index >= 15 is 0 Å². The van der Waals surface area contributed by atoms with Gasteiger partial charge in [-0.3, -0.25) is 9.69 Å². The van der Waals surface area contributed by atoms with Crippen LogP contribution in [0.3, 0.4) is 0 Å². The van der Waals surface area contributed by atoms with Gasteiger partial charge < -0.3 is 9.73 Å². The summed E-state index contributed by atoms with van der Waals surface area (Å²) in [4.78, 5) is 14.8. The molecule has 0 radical (unpaired) electrons. The first-order valence-electron chi connectivity index (χ1n) is 9.14. The number of piperidine rings is 1. The van der Waals surface area contributed by atoms with Crippen molar-refractivity contribution in [3.05, 3.63) is 59.0 Å². The largest absolute Gasteiger partial charge is 0.469 e. The molecule has 1 aliphatic heterocycles. The van der Waals surface area contributed by atoms with Crippen LogP contribution in [0.1, 0.15) is 47.5 Å². The highest BCUT2D eigenvalue weighted by atomic mass is 16.3. The van der Waals surface area contributed by atoms with Crippen molar-refractivity contribution >= 4 is 5.91 Å². The molecule has 1 fully saturated rings. The van der Waals surface area contributed by atoms with E-state index in [4.69, 9.17) is 4.42 Å². The van der Waals surface area contributed by atoms with Crippen LogP contribution >= 0.6 is 0 Å². The van der Waals surface area contributed by atoms with Crippen molar-refractivity contribution in [1.29, 1.82) is 0 Å². The molecule has 2 unspecified atom stereocenters. The van der Waals surface area contributed by atoms with E-state index in [1.54, 1.807) is 12.3 Å². The summed E-state index contributed by atoms with van der Waals surface area (Å²) in [6.45, 7) is 10.3. The van der Waals surface area contributed by atoms with E-state index < -0.39 is 0 Å². The number of furan rings is 1. The molecular formula is C21H28N2O2. The molecule has 1 amide bonds. The number of aryl methyl sites for hydroxylation is 1. The number of nitrogens with zero attached hydrogens (tertiary/aromatic N) is 1. The lowest BCUT2D eigenvalue weighted by Crippen LogP contribution is -2.38. The highest BCUT2D eigenvalue weighted by molar-refractivity contribution is 5.94. The highest BCUT2D eigenvalue weighted by Gasteiger charge is 2.22. The molecule has 4 heteroatoms. The molecule has 0 spiro atoms. The summed E-state index contributed by atoms with van der Waals surface area (Å²) in [5, 5.41) is 3.02. The zero-order chi connectivity index (χ0) is 17.8. The second-order valence-corrected chi connectivity index (χ2v) is 7.48. The first-order valence-corrected chi connectivity index (χ1v) is 9.14. The molecular weight excluding hydrogens is 312 g/mol. The Morgan fingerprint density at radius 2 is 1.84 bits per heavy atom. The van der Waals surface area contributed by atoms with E-state index in [0.29, 0.717) is 17.9 Å². The Hall–Kier alpha value is -2.07. The fourth-order valence-electron chi connectivity index (χ4n) is 3.94. The van der Waals surface area contributed by atoms with Gasteiger partial charge in [0.2, 0.25) is 0 Å². The van der Waals surface area contributed by atoms with Crippen LogP contribution in [0.2, 0.25) is 0 Å². The normalized spacial score (nSPS) is 21.2. The minimum atomic E-state index is -0.0822. The molecule has 25 heavy (non-hydrogen) atoms. The van der Waals surface area contributed by atoms with E-state index in [9.17, 15) is 4.79 Å². The van der Waals surface area contributed by atoms with Crippen molar-refractivity contribution < 1.29 is 9.21 Å². The van der Waals surface area contributed by atoms with Crippen LogP contribution in [0.5, 0.6) is 0 Å².